The van der Waals surface area contributed by atoms with E-state index in [1.54, 1.807) is 0 Å². The molecule has 0 aromatic rings. The third-order valence-corrected chi connectivity index (χ3v) is 3.74. The van der Waals surface area contributed by atoms with Crippen LogP contribution in [0, 0.1) is 0 Å². The summed E-state index contributed by atoms with van der Waals surface area (Å²) in [6, 6.07) is 0. The number of nitrogens with zero attached hydrogens (tertiary/aromatic N) is 1. The third-order valence-electron chi connectivity index (χ3n) is 2.82. The largest absolute Gasteiger partial charge is 0.372 e. The lowest BCUT2D eigenvalue weighted by molar-refractivity contribution is 0.0328. The van der Waals surface area contributed by atoms with Crippen molar-refractivity contribution in [2.45, 2.75) is 25.0 Å². The van der Waals surface area contributed by atoms with E-state index in [1.165, 1.54) is 6.26 Å². The zero-order chi connectivity index (χ0) is 12.2. The standard InChI is InChI=1S/C10H22N2O3S/c1-12(5-6-16(2,13)14)8-10-4-3-9(7-11)15-10/h9-10H,3-8,11H2,1-2H3. The molecule has 5 nitrogen and oxygen atoms in total. The Morgan fingerprint density at radius 2 is 2.00 bits per heavy atom. The smallest absolute Gasteiger partial charge is 0.148 e. The van der Waals surface area contributed by atoms with Crippen molar-refractivity contribution in [2.75, 3.05) is 38.7 Å². The predicted molar refractivity (Wildman–Crippen MR) is 64.2 cm³/mol. The molecule has 96 valence electrons. The maximum atomic E-state index is 11.0. The van der Waals surface area contributed by atoms with Gasteiger partial charge < -0.3 is 15.4 Å². The van der Waals surface area contributed by atoms with E-state index in [9.17, 15) is 8.42 Å². The van der Waals surface area contributed by atoms with Crippen LogP contribution in [0.3, 0.4) is 0 Å². The van der Waals surface area contributed by atoms with E-state index in [0.29, 0.717) is 13.1 Å². The Kier molecular flexibility index (Phi) is 5.17. The Morgan fingerprint density at radius 3 is 2.50 bits per heavy atom. The Morgan fingerprint density at radius 1 is 1.38 bits per heavy atom. The van der Waals surface area contributed by atoms with E-state index in [2.05, 4.69) is 0 Å². The molecule has 2 N–H and O–H groups in total. The molecule has 1 heterocycles. The van der Waals surface area contributed by atoms with Gasteiger partial charge in [0.15, 0.2) is 0 Å². The first-order valence-electron chi connectivity index (χ1n) is 5.62. The van der Waals surface area contributed by atoms with Crippen LogP contribution in [0.4, 0.5) is 0 Å². The van der Waals surface area contributed by atoms with Crippen LogP contribution in [0.1, 0.15) is 12.8 Å². The molecule has 1 aliphatic rings. The molecule has 1 aliphatic heterocycles. The fourth-order valence-electron chi connectivity index (χ4n) is 1.85. The maximum Gasteiger partial charge on any atom is 0.148 e. The van der Waals surface area contributed by atoms with Crippen LogP contribution in [-0.4, -0.2) is 64.2 Å². The molecule has 0 bridgehead atoms. The van der Waals surface area contributed by atoms with Gasteiger partial charge in [0, 0.05) is 25.9 Å². The van der Waals surface area contributed by atoms with Gasteiger partial charge in [0.25, 0.3) is 0 Å². The van der Waals surface area contributed by atoms with E-state index in [4.69, 9.17) is 10.5 Å². The minimum Gasteiger partial charge on any atom is -0.372 e. The molecule has 0 radical (unpaired) electrons. The van der Waals surface area contributed by atoms with Gasteiger partial charge in [0.1, 0.15) is 9.84 Å². The van der Waals surface area contributed by atoms with Gasteiger partial charge in [0.05, 0.1) is 18.0 Å². The molecular formula is C10H22N2O3S. The van der Waals surface area contributed by atoms with Gasteiger partial charge in [-0.1, -0.05) is 0 Å². The second kappa shape index (κ2) is 5.95. The number of sulfone groups is 1. The van der Waals surface area contributed by atoms with Crippen LogP contribution < -0.4 is 5.73 Å². The fourth-order valence-corrected chi connectivity index (χ4v) is 2.49. The average molecular weight is 250 g/mol. The molecule has 1 rings (SSSR count). The molecular weight excluding hydrogens is 228 g/mol. The molecule has 2 atom stereocenters. The predicted octanol–water partition coefficient (Wildman–Crippen LogP) is -0.531. The highest BCUT2D eigenvalue weighted by Gasteiger charge is 2.24. The summed E-state index contributed by atoms with van der Waals surface area (Å²) < 4.78 is 27.7. The fraction of sp³-hybridized carbons (Fsp3) is 1.00. The van der Waals surface area contributed by atoms with Crippen LogP contribution in [0.25, 0.3) is 0 Å². The van der Waals surface area contributed by atoms with Gasteiger partial charge in [-0.25, -0.2) is 8.42 Å². The summed E-state index contributed by atoms with van der Waals surface area (Å²) in [5, 5.41) is 0. The highest BCUT2D eigenvalue weighted by molar-refractivity contribution is 7.90. The molecule has 6 heteroatoms. The molecule has 0 saturated carbocycles. The Labute approximate surface area is 97.9 Å². The number of hydrogen-bond donors (Lipinski definition) is 1. The van der Waals surface area contributed by atoms with Crippen molar-refractivity contribution >= 4 is 9.84 Å². The number of likely N-dealkylation sites (N-methyl/N-ethyl adjacent to an activating group) is 1. The van der Waals surface area contributed by atoms with E-state index < -0.39 is 9.84 Å². The lowest BCUT2D eigenvalue weighted by Gasteiger charge is -2.20. The van der Waals surface area contributed by atoms with Crippen molar-refractivity contribution in [3.05, 3.63) is 0 Å². The Bertz CT molecular complexity index is 305. The van der Waals surface area contributed by atoms with E-state index >= 15 is 0 Å². The van der Waals surface area contributed by atoms with Gasteiger partial charge in [-0.2, -0.15) is 0 Å². The molecule has 0 amide bonds. The van der Waals surface area contributed by atoms with Gasteiger partial charge in [-0.3, -0.25) is 0 Å². The highest BCUT2D eigenvalue weighted by Crippen LogP contribution is 2.19. The minimum absolute atomic E-state index is 0.188. The maximum absolute atomic E-state index is 11.0. The van der Waals surface area contributed by atoms with Crippen LogP contribution >= 0.6 is 0 Å². The van der Waals surface area contributed by atoms with Gasteiger partial charge in [-0.15, -0.1) is 0 Å². The number of nitrogens with two attached hydrogens (primary N) is 1. The van der Waals surface area contributed by atoms with Gasteiger partial charge in [0.2, 0.25) is 0 Å². The van der Waals surface area contributed by atoms with Crippen molar-refractivity contribution in [1.29, 1.82) is 0 Å². The first kappa shape index (κ1) is 13.9. The summed E-state index contributed by atoms with van der Waals surface area (Å²) >= 11 is 0. The highest BCUT2D eigenvalue weighted by atomic mass is 32.2. The Balaban J connectivity index is 2.22. The monoisotopic (exact) mass is 250 g/mol. The van der Waals surface area contributed by atoms with Crippen molar-refractivity contribution in [1.82, 2.24) is 4.90 Å². The zero-order valence-electron chi connectivity index (χ0n) is 10.1. The van der Waals surface area contributed by atoms with Crippen molar-refractivity contribution < 1.29 is 13.2 Å². The quantitative estimate of drug-likeness (QED) is 0.686. The third kappa shape index (κ3) is 5.25. The molecule has 0 aromatic heterocycles. The summed E-state index contributed by atoms with van der Waals surface area (Å²) in [6.07, 6.45) is 3.69. The first-order chi connectivity index (χ1) is 7.40. The van der Waals surface area contributed by atoms with Gasteiger partial charge >= 0.3 is 0 Å². The Hall–Kier alpha value is -0.170. The molecule has 1 saturated heterocycles. The lowest BCUT2D eigenvalue weighted by atomic mass is 10.2. The van der Waals surface area contributed by atoms with E-state index in [0.717, 1.165) is 19.4 Å². The van der Waals surface area contributed by atoms with E-state index in [1.807, 2.05) is 11.9 Å². The van der Waals surface area contributed by atoms with Crippen LogP contribution in [-0.2, 0) is 14.6 Å². The topological polar surface area (TPSA) is 72.6 Å². The molecule has 1 fully saturated rings. The molecule has 2 unspecified atom stereocenters. The second-order valence-electron chi connectivity index (χ2n) is 4.59. The minimum atomic E-state index is -2.87. The summed E-state index contributed by atoms with van der Waals surface area (Å²) in [7, 11) is -0.950. The summed E-state index contributed by atoms with van der Waals surface area (Å²) in [4.78, 5) is 2.00. The zero-order valence-corrected chi connectivity index (χ0v) is 10.9. The number of ether oxygens (including phenoxy) is 1. The summed E-state index contributed by atoms with van der Waals surface area (Å²) in [5.74, 6) is 0.205. The van der Waals surface area contributed by atoms with Crippen molar-refractivity contribution in [3.8, 4) is 0 Å². The molecule has 0 aromatic carbocycles. The van der Waals surface area contributed by atoms with Crippen molar-refractivity contribution in [3.63, 3.8) is 0 Å². The van der Waals surface area contributed by atoms with Crippen LogP contribution in [0.15, 0.2) is 0 Å². The second-order valence-corrected chi connectivity index (χ2v) is 6.85. The molecule has 16 heavy (non-hydrogen) atoms. The summed E-state index contributed by atoms with van der Waals surface area (Å²) in [5.41, 5.74) is 5.52. The first-order valence-corrected chi connectivity index (χ1v) is 7.68. The normalized spacial score (nSPS) is 26.5. The molecule has 0 spiro atoms. The number of hydrogen-bond acceptors (Lipinski definition) is 5. The van der Waals surface area contributed by atoms with Crippen LogP contribution in [0.5, 0.6) is 0 Å². The van der Waals surface area contributed by atoms with Crippen LogP contribution in [0.2, 0.25) is 0 Å². The lowest BCUT2D eigenvalue weighted by Crippen LogP contribution is -2.33. The van der Waals surface area contributed by atoms with Gasteiger partial charge in [-0.05, 0) is 19.9 Å². The van der Waals surface area contributed by atoms with Crippen molar-refractivity contribution in [2.24, 2.45) is 5.73 Å². The summed E-state index contributed by atoms with van der Waals surface area (Å²) in [6.45, 7) is 1.92. The van der Waals surface area contributed by atoms with E-state index in [-0.39, 0.29) is 18.0 Å². The number of rotatable bonds is 6. The molecule has 0 aliphatic carbocycles. The average Bonchev–Trinajstić information content (AvgIpc) is 2.61. The SMILES string of the molecule is CN(CCS(C)(=O)=O)CC1CCC(CN)O1.